The first-order chi connectivity index (χ1) is 7.04. The van der Waals surface area contributed by atoms with E-state index in [9.17, 15) is 14.4 Å². The van der Waals surface area contributed by atoms with Crippen molar-refractivity contribution in [2.75, 3.05) is 0 Å². The number of carbonyl (C=O) groups excluding carboxylic acids is 3. The van der Waals surface area contributed by atoms with Crippen LogP contribution in [0.5, 0.6) is 0 Å². The molecule has 0 atom stereocenters. The minimum Gasteiger partial charge on any atom is -0.211 e. The van der Waals surface area contributed by atoms with Gasteiger partial charge in [-0.3, -0.25) is 0 Å². The van der Waals surface area contributed by atoms with Crippen molar-refractivity contribution < 1.29 is 14.4 Å². The molecule has 0 aliphatic heterocycles. The van der Waals surface area contributed by atoms with Crippen molar-refractivity contribution in [3.8, 4) is 0 Å². The first-order valence-corrected chi connectivity index (χ1v) is 3.95. The monoisotopic (exact) mass is 207 g/mol. The van der Waals surface area contributed by atoms with E-state index in [-0.39, 0.29) is 0 Å². The lowest BCUT2D eigenvalue weighted by atomic mass is 10.1. The van der Waals surface area contributed by atoms with E-state index in [1.165, 1.54) is 25.2 Å². The molecule has 0 aliphatic carbocycles. The molecule has 6 nitrogen and oxygen atoms in total. The second-order valence-corrected chi connectivity index (χ2v) is 2.87. The Balaban J connectivity index is 5.95. The van der Waals surface area contributed by atoms with Gasteiger partial charge in [-0.2, -0.15) is 0 Å². The van der Waals surface area contributed by atoms with Gasteiger partial charge in [-0.25, -0.2) is 14.4 Å². The summed E-state index contributed by atoms with van der Waals surface area (Å²) in [5.41, 5.74) is 1.09. The Morgan fingerprint density at radius 2 is 1.20 bits per heavy atom. The number of allylic oxidation sites excluding steroid dienone is 1. The summed E-state index contributed by atoms with van der Waals surface area (Å²) in [6.45, 7) is 4.94. The van der Waals surface area contributed by atoms with Gasteiger partial charge in [0.15, 0.2) is 0 Å². The van der Waals surface area contributed by atoms with Crippen LogP contribution in [0.4, 0.5) is 0 Å². The van der Waals surface area contributed by atoms with Crippen LogP contribution in [-0.2, 0) is 14.4 Å². The molecule has 6 heteroatoms. The number of hydrogen-bond acceptors (Lipinski definition) is 6. The van der Waals surface area contributed by atoms with E-state index in [0.717, 1.165) is 0 Å². The smallest absolute Gasteiger partial charge is 0.211 e. The molecule has 78 valence electrons. The summed E-state index contributed by atoms with van der Waals surface area (Å²) >= 11 is 0. The zero-order valence-electron chi connectivity index (χ0n) is 8.57. The predicted octanol–water partition coefficient (Wildman–Crippen LogP) is 1.00. The van der Waals surface area contributed by atoms with E-state index in [1.54, 1.807) is 13.8 Å². The van der Waals surface area contributed by atoms with Gasteiger partial charge in [0.25, 0.3) is 5.79 Å². The first kappa shape index (κ1) is 12.9. The molecule has 0 aromatic carbocycles. The van der Waals surface area contributed by atoms with Crippen LogP contribution in [-0.4, -0.2) is 24.0 Å². The van der Waals surface area contributed by atoms with Crippen molar-refractivity contribution in [1.82, 2.24) is 0 Å². The summed E-state index contributed by atoms with van der Waals surface area (Å²) in [4.78, 5) is 40.3. The fraction of sp³-hybridized carbons (Fsp3) is 0.444. The van der Waals surface area contributed by atoms with Crippen molar-refractivity contribution in [1.29, 1.82) is 0 Å². The lowest BCUT2D eigenvalue weighted by molar-refractivity contribution is 0.497. The average molecular weight is 207 g/mol. The predicted molar refractivity (Wildman–Crippen MR) is 51.1 cm³/mol. The van der Waals surface area contributed by atoms with Crippen molar-refractivity contribution in [2.45, 2.75) is 26.6 Å². The van der Waals surface area contributed by atoms with Gasteiger partial charge in [0, 0.05) is 5.57 Å². The molecule has 15 heavy (non-hydrogen) atoms. The largest absolute Gasteiger partial charge is 0.299 e. The highest BCUT2D eigenvalue weighted by atomic mass is 16.1. The molecule has 0 heterocycles. The minimum absolute atomic E-state index is 0.373. The Kier molecular flexibility index (Phi) is 4.79. The zero-order valence-corrected chi connectivity index (χ0v) is 8.57. The highest BCUT2D eigenvalue weighted by Gasteiger charge is 2.32. The van der Waals surface area contributed by atoms with Gasteiger partial charge in [0.1, 0.15) is 0 Å². The van der Waals surface area contributed by atoms with Crippen LogP contribution < -0.4 is 0 Å². The molecule has 0 aromatic rings. The van der Waals surface area contributed by atoms with E-state index in [2.05, 4.69) is 15.0 Å². The fourth-order valence-electron chi connectivity index (χ4n) is 0.853. The maximum Gasteiger partial charge on any atom is 0.299 e. The lowest BCUT2D eigenvalue weighted by Gasteiger charge is -2.17. The van der Waals surface area contributed by atoms with E-state index < -0.39 is 5.79 Å². The Morgan fingerprint density at radius 1 is 0.867 bits per heavy atom. The number of aliphatic imine (C=N–C) groups is 3. The minimum atomic E-state index is -1.88. The summed E-state index contributed by atoms with van der Waals surface area (Å²) in [6, 6.07) is 0. The van der Waals surface area contributed by atoms with Gasteiger partial charge in [-0.05, 0) is 20.8 Å². The van der Waals surface area contributed by atoms with Crippen LogP contribution in [0.2, 0.25) is 0 Å². The highest BCUT2D eigenvalue weighted by Crippen LogP contribution is 2.26. The Labute approximate surface area is 86.1 Å². The van der Waals surface area contributed by atoms with Gasteiger partial charge in [-0.15, -0.1) is 15.0 Å². The average Bonchev–Trinajstić information content (AvgIpc) is 2.17. The highest BCUT2D eigenvalue weighted by molar-refractivity contribution is 5.46. The van der Waals surface area contributed by atoms with Gasteiger partial charge in [0.2, 0.25) is 18.2 Å². The molecular formula is C9H9N3O3. The summed E-state index contributed by atoms with van der Waals surface area (Å²) < 4.78 is 0. The fourth-order valence-corrected chi connectivity index (χ4v) is 0.853. The molecule has 0 fully saturated rings. The molecule has 0 N–H and O–H groups in total. The molecule has 0 saturated carbocycles. The molecule has 0 amide bonds. The Morgan fingerprint density at radius 3 is 1.40 bits per heavy atom. The Hall–Kier alpha value is -2.12. The molecule has 0 saturated heterocycles. The topological polar surface area (TPSA) is 88.3 Å². The quantitative estimate of drug-likeness (QED) is 0.391. The third-order valence-corrected chi connectivity index (χ3v) is 1.86. The van der Waals surface area contributed by atoms with Crippen molar-refractivity contribution in [3.63, 3.8) is 0 Å². The maximum absolute atomic E-state index is 10.2. The maximum atomic E-state index is 10.2. The number of rotatable bonds is 4. The van der Waals surface area contributed by atoms with Crippen LogP contribution in [0.25, 0.3) is 0 Å². The van der Waals surface area contributed by atoms with Crippen LogP contribution in [0.3, 0.4) is 0 Å². The Bertz CT molecular complexity index is 370. The van der Waals surface area contributed by atoms with E-state index in [1.807, 2.05) is 0 Å². The standard InChI is InChI=1S/C9H9N3O3/c1-7(2)8(3)9(10-4-13,11-5-14)12-6-15/h1-3H3. The number of hydrogen-bond donors (Lipinski definition) is 0. The lowest BCUT2D eigenvalue weighted by Crippen LogP contribution is -2.23. The van der Waals surface area contributed by atoms with Gasteiger partial charge in [0.05, 0.1) is 0 Å². The molecule has 0 unspecified atom stereocenters. The summed E-state index contributed by atoms with van der Waals surface area (Å²) in [7, 11) is 0. The number of nitrogens with zero attached hydrogens (tertiary/aromatic N) is 3. The molecule has 0 radical (unpaired) electrons. The van der Waals surface area contributed by atoms with Gasteiger partial charge < -0.3 is 0 Å². The molecule has 0 rings (SSSR count). The molecular weight excluding hydrogens is 198 g/mol. The molecule has 0 spiro atoms. The van der Waals surface area contributed by atoms with Crippen molar-refractivity contribution >= 4 is 18.2 Å². The van der Waals surface area contributed by atoms with Crippen LogP contribution >= 0.6 is 0 Å². The number of isocyanates is 3. The normalized spacial score (nSPS) is 12.2. The van der Waals surface area contributed by atoms with Gasteiger partial charge >= 0.3 is 0 Å². The van der Waals surface area contributed by atoms with E-state index >= 15 is 0 Å². The molecule has 0 aliphatic rings. The third kappa shape index (κ3) is 2.93. The third-order valence-electron chi connectivity index (χ3n) is 1.86. The second kappa shape index (κ2) is 5.58. The first-order valence-electron chi connectivity index (χ1n) is 3.95. The summed E-state index contributed by atoms with van der Waals surface area (Å²) in [5.74, 6) is -1.88. The van der Waals surface area contributed by atoms with E-state index in [0.29, 0.717) is 11.1 Å². The second-order valence-electron chi connectivity index (χ2n) is 2.87. The van der Waals surface area contributed by atoms with Crippen LogP contribution in [0.1, 0.15) is 20.8 Å². The summed E-state index contributed by atoms with van der Waals surface area (Å²) in [6.07, 6.45) is 3.63. The van der Waals surface area contributed by atoms with Crippen LogP contribution in [0.15, 0.2) is 26.1 Å². The van der Waals surface area contributed by atoms with Gasteiger partial charge in [-0.1, -0.05) is 5.57 Å². The SMILES string of the molecule is CC(C)=C(C)C(N=C=O)(N=C=O)N=C=O. The van der Waals surface area contributed by atoms with E-state index in [4.69, 9.17) is 0 Å². The zero-order chi connectivity index (χ0) is 11.9. The van der Waals surface area contributed by atoms with Crippen LogP contribution in [0, 0.1) is 0 Å². The summed E-state index contributed by atoms with van der Waals surface area (Å²) in [5, 5.41) is 0. The molecule has 0 bridgehead atoms. The molecule has 0 aromatic heterocycles. The van der Waals surface area contributed by atoms with Crippen molar-refractivity contribution in [2.24, 2.45) is 15.0 Å². The van der Waals surface area contributed by atoms with Crippen molar-refractivity contribution in [3.05, 3.63) is 11.1 Å².